The molecule has 6 heteroatoms. The van der Waals surface area contributed by atoms with E-state index >= 15 is 0 Å². The summed E-state index contributed by atoms with van der Waals surface area (Å²) < 4.78 is 0. The predicted molar refractivity (Wildman–Crippen MR) is 66.2 cm³/mol. The number of nitrogens with zero attached hydrogens (tertiary/aromatic N) is 3. The van der Waals surface area contributed by atoms with Gasteiger partial charge < -0.3 is 15.6 Å². The number of hydrogen-bond acceptors (Lipinski definition) is 6. The fraction of sp³-hybridized carbons (Fsp3) is 0.600. The number of nitrogen functional groups attached to an aromatic ring is 1. The summed E-state index contributed by atoms with van der Waals surface area (Å²) in [5, 5.41) is 3.33. The van der Waals surface area contributed by atoms with Crippen LogP contribution in [0.15, 0.2) is 6.33 Å². The monoisotopic (exact) mass is 224 g/mol. The molecule has 0 aliphatic rings. The van der Waals surface area contributed by atoms with E-state index in [1.54, 1.807) is 0 Å². The molecule has 0 saturated heterocycles. The molecule has 0 spiro atoms. The van der Waals surface area contributed by atoms with Crippen LogP contribution in [0.25, 0.3) is 0 Å². The molecule has 1 unspecified atom stereocenters. The van der Waals surface area contributed by atoms with Gasteiger partial charge in [-0.3, -0.25) is 0 Å². The van der Waals surface area contributed by atoms with E-state index in [0.717, 1.165) is 17.9 Å². The van der Waals surface area contributed by atoms with Crippen molar-refractivity contribution in [2.75, 3.05) is 31.4 Å². The van der Waals surface area contributed by atoms with Crippen LogP contribution in [0.1, 0.15) is 12.5 Å². The standard InChI is InChI=1S/C10H20N6/c1-7(5-16(3)4)14-9-8(2)10(15-11)13-6-12-9/h6-7H,5,11H2,1-4H3,(H2,12,13,14,15). The second-order valence-corrected chi connectivity index (χ2v) is 4.15. The van der Waals surface area contributed by atoms with Gasteiger partial charge in [-0.2, -0.15) is 0 Å². The van der Waals surface area contributed by atoms with Crippen LogP contribution < -0.4 is 16.6 Å². The lowest BCUT2D eigenvalue weighted by molar-refractivity contribution is 0.392. The van der Waals surface area contributed by atoms with Crippen molar-refractivity contribution < 1.29 is 0 Å². The lowest BCUT2D eigenvalue weighted by Crippen LogP contribution is -2.30. The summed E-state index contributed by atoms with van der Waals surface area (Å²) in [4.78, 5) is 10.3. The number of rotatable bonds is 5. The highest BCUT2D eigenvalue weighted by atomic mass is 15.3. The molecule has 0 amide bonds. The SMILES string of the molecule is Cc1c(NN)ncnc1NC(C)CN(C)C. The summed E-state index contributed by atoms with van der Waals surface area (Å²) in [7, 11) is 4.08. The van der Waals surface area contributed by atoms with E-state index in [9.17, 15) is 0 Å². The minimum Gasteiger partial charge on any atom is -0.366 e. The zero-order valence-electron chi connectivity index (χ0n) is 10.3. The third kappa shape index (κ3) is 3.32. The lowest BCUT2D eigenvalue weighted by atomic mass is 10.2. The highest BCUT2D eigenvalue weighted by molar-refractivity contribution is 5.56. The van der Waals surface area contributed by atoms with E-state index < -0.39 is 0 Å². The van der Waals surface area contributed by atoms with Gasteiger partial charge in [-0.05, 0) is 27.9 Å². The molecule has 90 valence electrons. The number of nitrogens with one attached hydrogen (secondary N) is 2. The number of likely N-dealkylation sites (N-methyl/N-ethyl adjacent to an activating group) is 1. The van der Waals surface area contributed by atoms with Crippen molar-refractivity contribution in [3.8, 4) is 0 Å². The van der Waals surface area contributed by atoms with E-state index in [2.05, 4.69) is 32.5 Å². The van der Waals surface area contributed by atoms with Crippen LogP contribution in [0.5, 0.6) is 0 Å². The highest BCUT2D eigenvalue weighted by Crippen LogP contribution is 2.17. The van der Waals surface area contributed by atoms with Gasteiger partial charge >= 0.3 is 0 Å². The Bertz CT molecular complexity index is 338. The molecule has 4 N–H and O–H groups in total. The van der Waals surface area contributed by atoms with Gasteiger partial charge in [-0.15, -0.1) is 0 Å². The molecule has 1 aromatic rings. The Morgan fingerprint density at radius 2 is 2.00 bits per heavy atom. The minimum atomic E-state index is 0.314. The van der Waals surface area contributed by atoms with Crippen LogP contribution in [0.2, 0.25) is 0 Å². The van der Waals surface area contributed by atoms with Crippen molar-refractivity contribution >= 4 is 11.6 Å². The van der Waals surface area contributed by atoms with Crippen molar-refractivity contribution in [1.82, 2.24) is 14.9 Å². The second kappa shape index (κ2) is 5.62. The van der Waals surface area contributed by atoms with Gasteiger partial charge in [0, 0.05) is 18.2 Å². The summed E-state index contributed by atoms with van der Waals surface area (Å²) in [6.07, 6.45) is 1.49. The van der Waals surface area contributed by atoms with Crippen LogP contribution in [-0.4, -0.2) is 41.5 Å². The predicted octanol–water partition coefficient (Wildman–Crippen LogP) is 0.433. The van der Waals surface area contributed by atoms with Gasteiger partial charge in [0.1, 0.15) is 18.0 Å². The summed E-state index contributed by atoms with van der Waals surface area (Å²) >= 11 is 0. The number of nitrogens with two attached hydrogens (primary N) is 1. The smallest absolute Gasteiger partial charge is 0.148 e. The summed E-state index contributed by atoms with van der Waals surface area (Å²) in [5.74, 6) is 6.82. The third-order valence-electron chi connectivity index (χ3n) is 2.24. The Hall–Kier alpha value is -1.40. The molecule has 0 saturated carbocycles. The van der Waals surface area contributed by atoms with E-state index in [-0.39, 0.29) is 0 Å². The molecule has 1 atom stereocenters. The average Bonchev–Trinajstić information content (AvgIpc) is 2.20. The number of anilines is 2. The van der Waals surface area contributed by atoms with Gasteiger partial charge in [-0.1, -0.05) is 0 Å². The zero-order chi connectivity index (χ0) is 12.1. The van der Waals surface area contributed by atoms with Crippen molar-refractivity contribution in [3.63, 3.8) is 0 Å². The molecule has 1 rings (SSSR count). The first-order chi connectivity index (χ1) is 7.54. The summed E-state index contributed by atoms with van der Waals surface area (Å²) in [6, 6.07) is 0.314. The number of hydrogen-bond donors (Lipinski definition) is 3. The quantitative estimate of drug-likeness (QED) is 0.497. The van der Waals surface area contributed by atoms with E-state index in [1.165, 1.54) is 6.33 Å². The van der Waals surface area contributed by atoms with Crippen LogP contribution in [-0.2, 0) is 0 Å². The third-order valence-corrected chi connectivity index (χ3v) is 2.24. The van der Waals surface area contributed by atoms with Gasteiger partial charge in [0.05, 0.1) is 0 Å². The van der Waals surface area contributed by atoms with Gasteiger partial charge in [0.2, 0.25) is 0 Å². The minimum absolute atomic E-state index is 0.314. The fourth-order valence-corrected chi connectivity index (χ4v) is 1.57. The molecule has 1 aromatic heterocycles. The molecule has 0 aromatic carbocycles. The van der Waals surface area contributed by atoms with Crippen molar-refractivity contribution in [1.29, 1.82) is 0 Å². The Labute approximate surface area is 96.2 Å². The number of hydrazine groups is 1. The van der Waals surface area contributed by atoms with E-state index in [1.807, 2.05) is 21.0 Å². The topological polar surface area (TPSA) is 79.1 Å². The van der Waals surface area contributed by atoms with E-state index in [4.69, 9.17) is 5.84 Å². The summed E-state index contributed by atoms with van der Waals surface area (Å²) in [6.45, 7) is 4.98. The van der Waals surface area contributed by atoms with Crippen molar-refractivity contribution in [2.45, 2.75) is 19.9 Å². The van der Waals surface area contributed by atoms with Gasteiger partial charge in [-0.25, -0.2) is 15.8 Å². The van der Waals surface area contributed by atoms with Crippen molar-refractivity contribution in [3.05, 3.63) is 11.9 Å². The molecule has 6 nitrogen and oxygen atoms in total. The maximum Gasteiger partial charge on any atom is 0.148 e. The fourth-order valence-electron chi connectivity index (χ4n) is 1.57. The molecular formula is C10H20N6. The Morgan fingerprint density at radius 1 is 1.38 bits per heavy atom. The average molecular weight is 224 g/mol. The molecule has 0 aliphatic carbocycles. The van der Waals surface area contributed by atoms with Crippen LogP contribution in [0.4, 0.5) is 11.6 Å². The molecule has 0 fully saturated rings. The van der Waals surface area contributed by atoms with Crippen LogP contribution >= 0.6 is 0 Å². The molecule has 16 heavy (non-hydrogen) atoms. The first kappa shape index (κ1) is 12.7. The normalized spacial score (nSPS) is 12.6. The van der Waals surface area contributed by atoms with Crippen molar-refractivity contribution in [2.24, 2.45) is 5.84 Å². The Morgan fingerprint density at radius 3 is 2.56 bits per heavy atom. The zero-order valence-corrected chi connectivity index (χ0v) is 10.3. The second-order valence-electron chi connectivity index (χ2n) is 4.15. The van der Waals surface area contributed by atoms with Gasteiger partial charge in [0.15, 0.2) is 0 Å². The van der Waals surface area contributed by atoms with Crippen LogP contribution in [0.3, 0.4) is 0 Å². The molecule has 0 aliphatic heterocycles. The highest BCUT2D eigenvalue weighted by Gasteiger charge is 2.09. The molecule has 1 heterocycles. The molecular weight excluding hydrogens is 204 g/mol. The Balaban J connectivity index is 2.73. The maximum atomic E-state index is 5.35. The first-order valence-electron chi connectivity index (χ1n) is 5.24. The van der Waals surface area contributed by atoms with Crippen LogP contribution in [0, 0.1) is 6.92 Å². The Kier molecular flexibility index (Phi) is 4.45. The molecule has 0 radical (unpaired) electrons. The molecule has 0 bridgehead atoms. The lowest BCUT2D eigenvalue weighted by Gasteiger charge is -2.20. The largest absolute Gasteiger partial charge is 0.366 e. The van der Waals surface area contributed by atoms with Gasteiger partial charge in [0.25, 0.3) is 0 Å². The first-order valence-corrected chi connectivity index (χ1v) is 5.24. The van der Waals surface area contributed by atoms with E-state index in [0.29, 0.717) is 11.9 Å². The number of aromatic nitrogens is 2. The summed E-state index contributed by atoms with van der Waals surface area (Å²) in [5.41, 5.74) is 3.47. The maximum absolute atomic E-state index is 5.35.